The highest BCUT2D eigenvalue weighted by atomic mass is 16.5. The van der Waals surface area contributed by atoms with Gasteiger partial charge in [0.25, 0.3) is 11.7 Å². The number of benzene rings is 2. The van der Waals surface area contributed by atoms with Crippen LogP contribution in [-0.4, -0.2) is 33.5 Å². The number of aromatic hydroxyl groups is 1. The molecule has 1 amide bonds. The maximum atomic E-state index is 13.3. The second kappa shape index (κ2) is 9.62. The smallest absolute Gasteiger partial charge is 0.300 e. The molecule has 2 aromatic carbocycles. The molecule has 1 saturated heterocycles. The van der Waals surface area contributed by atoms with E-state index in [9.17, 15) is 19.8 Å². The standard InChI is InChI=1S/C28H28N2O5/c1-16(2)15-35-23-8-6-20(14-18(23)4)26(32)24-25(19-9-11-29-12-10-19)30(28(34)27(24)33)21-13-17(3)5-7-22(21)31/h5-14,16,25,31-32H,15H2,1-4H3/b26-24-. The normalized spacial score (nSPS) is 17.3. The number of rotatable bonds is 6. The van der Waals surface area contributed by atoms with Gasteiger partial charge in [0.15, 0.2) is 0 Å². The highest BCUT2D eigenvalue weighted by Crippen LogP contribution is 2.45. The number of carbonyl (C=O) groups is 2. The first-order valence-corrected chi connectivity index (χ1v) is 11.4. The van der Waals surface area contributed by atoms with E-state index in [0.29, 0.717) is 29.4 Å². The number of phenols is 1. The van der Waals surface area contributed by atoms with Gasteiger partial charge in [-0.2, -0.15) is 0 Å². The van der Waals surface area contributed by atoms with Crippen molar-refractivity contribution in [3.63, 3.8) is 0 Å². The number of anilines is 1. The number of amides is 1. The molecule has 2 N–H and O–H groups in total. The summed E-state index contributed by atoms with van der Waals surface area (Å²) < 4.78 is 5.82. The summed E-state index contributed by atoms with van der Waals surface area (Å²) in [7, 11) is 0. The van der Waals surface area contributed by atoms with E-state index in [4.69, 9.17) is 4.74 Å². The minimum absolute atomic E-state index is 0.0580. The maximum absolute atomic E-state index is 13.3. The third kappa shape index (κ3) is 4.62. The summed E-state index contributed by atoms with van der Waals surface area (Å²) in [5.74, 6) is -1.05. The highest BCUT2D eigenvalue weighted by Gasteiger charge is 2.47. The number of aliphatic hydroxyl groups excluding tert-OH is 1. The van der Waals surface area contributed by atoms with Crippen molar-refractivity contribution < 1.29 is 24.5 Å². The third-order valence-corrected chi connectivity index (χ3v) is 5.88. The molecular formula is C28H28N2O5. The Morgan fingerprint density at radius 2 is 1.77 bits per heavy atom. The number of hydrogen-bond donors (Lipinski definition) is 2. The van der Waals surface area contributed by atoms with Gasteiger partial charge in [0.05, 0.1) is 23.9 Å². The Balaban J connectivity index is 1.86. The largest absolute Gasteiger partial charge is 0.507 e. The quantitative estimate of drug-likeness (QED) is 0.295. The summed E-state index contributed by atoms with van der Waals surface area (Å²) in [6.07, 6.45) is 3.10. The van der Waals surface area contributed by atoms with Crippen LogP contribution < -0.4 is 9.64 Å². The minimum atomic E-state index is -0.942. The molecule has 1 unspecified atom stereocenters. The van der Waals surface area contributed by atoms with Crippen LogP contribution in [0.4, 0.5) is 5.69 Å². The summed E-state index contributed by atoms with van der Waals surface area (Å²) >= 11 is 0. The Morgan fingerprint density at radius 1 is 1.06 bits per heavy atom. The number of aryl methyl sites for hydroxylation is 2. The predicted octanol–water partition coefficient (Wildman–Crippen LogP) is 5.07. The third-order valence-electron chi connectivity index (χ3n) is 5.88. The molecule has 2 heterocycles. The van der Waals surface area contributed by atoms with Crippen LogP contribution in [0.5, 0.6) is 11.5 Å². The molecule has 0 spiro atoms. The Morgan fingerprint density at radius 3 is 2.43 bits per heavy atom. The number of hydrogen-bond acceptors (Lipinski definition) is 6. The van der Waals surface area contributed by atoms with Gasteiger partial charge in [-0.05, 0) is 78.9 Å². The number of pyridine rings is 1. The summed E-state index contributed by atoms with van der Waals surface area (Å²) in [6, 6.07) is 12.4. The average molecular weight is 473 g/mol. The molecule has 1 aliphatic heterocycles. The van der Waals surface area contributed by atoms with Crippen molar-refractivity contribution in [1.29, 1.82) is 0 Å². The second-order valence-electron chi connectivity index (χ2n) is 9.13. The molecule has 35 heavy (non-hydrogen) atoms. The molecule has 4 rings (SSSR count). The van der Waals surface area contributed by atoms with E-state index < -0.39 is 17.7 Å². The fourth-order valence-corrected chi connectivity index (χ4v) is 4.14. The molecule has 1 aliphatic rings. The zero-order valence-electron chi connectivity index (χ0n) is 20.1. The van der Waals surface area contributed by atoms with Crippen LogP contribution >= 0.6 is 0 Å². The summed E-state index contributed by atoms with van der Waals surface area (Å²) in [4.78, 5) is 31.8. The number of ketones is 1. The molecule has 180 valence electrons. The fourth-order valence-electron chi connectivity index (χ4n) is 4.14. The number of ether oxygens (including phenoxy) is 1. The summed E-state index contributed by atoms with van der Waals surface area (Å²) in [5.41, 5.74) is 2.71. The lowest BCUT2D eigenvalue weighted by molar-refractivity contribution is -0.132. The number of nitrogens with zero attached hydrogens (tertiary/aromatic N) is 2. The van der Waals surface area contributed by atoms with Gasteiger partial charge < -0.3 is 14.9 Å². The topological polar surface area (TPSA) is 100.0 Å². The SMILES string of the molecule is Cc1ccc(O)c(N2C(=O)C(=O)/C(=C(\O)c3ccc(OCC(C)C)c(C)c3)C2c2ccncc2)c1. The van der Waals surface area contributed by atoms with E-state index in [1.807, 2.05) is 13.8 Å². The molecule has 0 bridgehead atoms. The highest BCUT2D eigenvalue weighted by molar-refractivity contribution is 6.51. The van der Waals surface area contributed by atoms with Crippen LogP contribution in [0.15, 0.2) is 66.5 Å². The van der Waals surface area contributed by atoms with E-state index in [-0.39, 0.29) is 22.8 Å². The Labute approximate surface area is 204 Å². The molecule has 0 radical (unpaired) electrons. The number of Topliss-reactive ketones (excluding diaryl/α,β-unsaturated/α-hetero) is 1. The Kier molecular flexibility index (Phi) is 6.60. The number of phenolic OH excluding ortho intramolecular Hbond substituents is 1. The first-order chi connectivity index (χ1) is 16.7. The van der Waals surface area contributed by atoms with Crippen LogP contribution in [0.1, 0.15) is 42.1 Å². The van der Waals surface area contributed by atoms with Gasteiger partial charge in [0.1, 0.15) is 17.3 Å². The van der Waals surface area contributed by atoms with Crippen LogP contribution in [0.25, 0.3) is 5.76 Å². The molecule has 0 saturated carbocycles. The monoisotopic (exact) mass is 472 g/mol. The van der Waals surface area contributed by atoms with Gasteiger partial charge in [-0.25, -0.2) is 0 Å². The van der Waals surface area contributed by atoms with E-state index in [1.165, 1.54) is 11.0 Å². The summed E-state index contributed by atoms with van der Waals surface area (Å²) in [5, 5.41) is 21.9. The molecule has 0 aliphatic carbocycles. The van der Waals surface area contributed by atoms with Crippen molar-refractivity contribution in [1.82, 2.24) is 4.98 Å². The van der Waals surface area contributed by atoms with Gasteiger partial charge in [0.2, 0.25) is 0 Å². The summed E-state index contributed by atoms with van der Waals surface area (Å²) in [6.45, 7) is 8.35. The Bertz CT molecular complexity index is 1310. The molecule has 1 fully saturated rings. The predicted molar refractivity (Wildman–Crippen MR) is 133 cm³/mol. The zero-order chi connectivity index (χ0) is 25.3. The second-order valence-corrected chi connectivity index (χ2v) is 9.13. The van der Waals surface area contributed by atoms with Crippen LogP contribution in [0.2, 0.25) is 0 Å². The van der Waals surface area contributed by atoms with E-state index in [2.05, 4.69) is 18.8 Å². The average Bonchev–Trinajstić information content (AvgIpc) is 3.10. The minimum Gasteiger partial charge on any atom is -0.507 e. The van der Waals surface area contributed by atoms with Crippen molar-refractivity contribution in [3.8, 4) is 11.5 Å². The van der Waals surface area contributed by atoms with Gasteiger partial charge in [-0.15, -0.1) is 0 Å². The van der Waals surface area contributed by atoms with E-state index in [1.54, 1.807) is 54.9 Å². The van der Waals surface area contributed by atoms with Crippen molar-refractivity contribution >= 4 is 23.1 Å². The van der Waals surface area contributed by atoms with Crippen LogP contribution in [0, 0.1) is 19.8 Å². The molecular weight excluding hydrogens is 444 g/mol. The first-order valence-electron chi connectivity index (χ1n) is 11.4. The molecule has 7 nitrogen and oxygen atoms in total. The van der Waals surface area contributed by atoms with Crippen molar-refractivity contribution in [2.24, 2.45) is 5.92 Å². The van der Waals surface area contributed by atoms with Crippen molar-refractivity contribution in [2.45, 2.75) is 33.7 Å². The maximum Gasteiger partial charge on any atom is 0.300 e. The van der Waals surface area contributed by atoms with Gasteiger partial charge >= 0.3 is 0 Å². The lowest BCUT2D eigenvalue weighted by atomic mass is 9.95. The van der Waals surface area contributed by atoms with Crippen molar-refractivity contribution in [2.75, 3.05) is 11.5 Å². The molecule has 3 aromatic rings. The lowest BCUT2D eigenvalue weighted by Crippen LogP contribution is -2.29. The van der Waals surface area contributed by atoms with E-state index in [0.717, 1.165) is 11.1 Å². The van der Waals surface area contributed by atoms with Crippen LogP contribution in [-0.2, 0) is 9.59 Å². The number of carbonyl (C=O) groups excluding carboxylic acids is 2. The number of aromatic nitrogens is 1. The van der Waals surface area contributed by atoms with E-state index >= 15 is 0 Å². The van der Waals surface area contributed by atoms with Gasteiger partial charge in [-0.3, -0.25) is 19.5 Å². The molecule has 7 heteroatoms. The number of aliphatic hydroxyl groups is 1. The fraction of sp³-hybridized carbons (Fsp3) is 0.250. The van der Waals surface area contributed by atoms with Crippen LogP contribution in [0.3, 0.4) is 0 Å². The zero-order valence-corrected chi connectivity index (χ0v) is 20.1. The van der Waals surface area contributed by atoms with Gasteiger partial charge in [0, 0.05) is 18.0 Å². The molecule has 1 atom stereocenters. The lowest BCUT2D eigenvalue weighted by Gasteiger charge is -2.26. The Hall–Kier alpha value is -4.13. The molecule has 1 aromatic heterocycles. The first kappa shape index (κ1) is 24.0. The van der Waals surface area contributed by atoms with Crippen molar-refractivity contribution in [3.05, 3.63) is 88.8 Å². The van der Waals surface area contributed by atoms with Gasteiger partial charge in [-0.1, -0.05) is 19.9 Å².